The van der Waals surface area contributed by atoms with Gasteiger partial charge < -0.3 is 19.9 Å². The van der Waals surface area contributed by atoms with Gasteiger partial charge in [-0.25, -0.2) is 15.0 Å². The molecule has 1 N–H and O–H groups in total. The molecule has 0 radical (unpaired) electrons. The number of para-hydroxylation sites is 2. The number of hydrogen-bond donors (Lipinski definition) is 1. The molecule has 1 aliphatic rings. The summed E-state index contributed by atoms with van der Waals surface area (Å²) in [5, 5.41) is 2.77. The summed E-state index contributed by atoms with van der Waals surface area (Å²) >= 11 is 0. The van der Waals surface area contributed by atoms with E-state index in [9.17, 15) is 9.59 Å². The van der Waals surface area contributed by atoms with Crippen molar-refractivity contribution in [2.45, 2.75) is 6.54 Å². The van der Waals surface area contributed by atoms with Gasteiger partial charge in [-0.15, -0.1) is 0 Å². The Morgan fingerprint density at radius 2 is 1.74 bits per heavy atom. The summed E-state index contributed by atoms with van der Waals surface area (Å²) in [4.78, 5) is 42.6. The number of nitrogens with zero attached hydrogens (tertiary/aromatic N) is 5. The molecule has 3 aromatic heterocycles. The van der Waals surface area contributed by atoms with Crippen LogP contribution >= 0.6 is 0 Å². The third kappa shape index (κ3) is 4.39. The highest BCUT2D eigenvalue weighted by molar-refractivity contribution is 6.08. The molecular weight excluding hydrogens is 444 g/mol. The summed E-state index contributed by atoms with van der Waals surface area (Å²) in [7, 11) is 3.64. The molecule has 35 heavy (non-hydrogen) atoms. The zero-order valence-electron chi connectivity index (χ0n) is 19.2. The van der Waals surface area contributed by atoms with E-state index in [0.29, 0.717) is 46.6 Å². The Bertz CT molecular complexity index is 1400. The largest absolute Gasteiger partial charge is 0.436 e. The monoisotopic (exact) mass is 466 g/mol. The van der Waals surface area contributed by atoms with E-state index in [2.05, 4.69) is 20.3 Å². The lowest BCUT2D eigenvalue weighted by Crippen LogP contribution is -2.30. The van der Waals surface area contributed by atoms with E-state index in [-0.39, 0.29) is 11.8 Å². The third-order valence-electron chi connectivity index (χ3n) is 5.49. The number of nitrogens with one attached hydrogen (secondary N) is 1. The molecule has 0 fully saturated rings. The van der Waals surface area contributed by atoms with Gasteiger partial charge in [-0.3, -0.25) is 9.59 Å². The first kappa shape index (κ1) is 22.0. The molecule has 0 atom stereocenters. The van der Waals surface area contributed by atoms with Crippen molar-refractivity contribution in [3.05, 3.63) is 95.9 Å². The number of benzene rings is 1. The summed E-state index contributed by atoms with van der Waals surface area (Å²) in [6, 6.07) is 17.7. The first-order valence-corrected chi connectivity index (χ1v) is 10.9. The Balaban J connectivity index is 1.39. The molecule has 0 aliphatic carbocycles. The molecule has 4 aromatic rings. The molecule has 0 saturated heterocycles. The van der Waals surface area contributed by atoms with Gasteiger partial charge >= 0.3 is 0 Å². The summed E-state index contributed by atoms with van der Waals surface area (Å²) < 4.78 is 5.97. The van der Waals surface area contributed by atoms with Crippen LogP contribution in [0.1, 0.15) is 26.3 Å². The standard InChI is InChI=1S/C26H22N6O3/c1-31(2)23-19(8-6-13-27-23)24(33)30-22-12-11-17(15-29-22)26(34)32-16-18-7-5-14-28-25(18)35-21-10-4-3-9-20(21)32/h3-15H,16H2,1-2H3,(H,29,30,33). The highest BCUT2D eigenvalue weighted by Crippen LogP contribution is 2.38. The highest BCUT2D eigenvalue weighted by Gasteiger charge is 2.27. The summed E-state index contributed by atoms with van der Waals surface area (Å²) in [5.74, 6) is 1.31. The van der Waals surface area contributed by atoms with Gasteiger partial charge in [-0.2, -0.15) is 0 Å². The van der Waals surface area contributed by atoms with Crippen LogP contribution in [-0.4, -0.2) is 40.9 Å². The number of fused-ring (bicyclic) bond motifs is 2. The Kier molecular flexibility index (Phi) is 5.80. The predicted octanol–water partition coefficient (Wildman–Crippen LogP) is 4.14. The van der Waals surface area contributed by atoms with Crippen LogP contribution in [0.15, 0.2) is 79.3 Å². The molecule has 0 bridgehead atoms. The maximum Gasteiger partial charge on any atom is 0.260 e. The van der Waals surface area contributed by atoms with Crippen LogP contribution < -0.4 is 19.9 Å². The van der Waals surface area contributed by atoms with E-state index in [1.807, 2.05) is 44.4 Å². The van der Waals surface area contributed by atoms with Crippen LogP contribution in [0.3, 0.4) is 0 Å². The van der Waals surface area contributed by atoms with Crippen LogP contribution in [0.4, 0.5) is 17.3 Å². The number of hydrogen-bond acceptors (Lipinski definition) is 7. The van der Waals surface area contributed by atoms with E-state index < -0.39 is 0 Å². The number of amides is 2. The van der Waals surface area contributed by atoms with Crippen LogP contribution in [0.25, 0.3) is 0 Å². The maximum atomic E-state index is 13.5. The van der Waals surface area contributed by atoms with E-state index in [0.717, 1.165) is 5.56 Å². The number of anilines is 3. The summed E-state index contributed by atoms with van der Waals surface area (Å²) in [6.07, 6.45) is 4.74. The number of ether oxygens (including phenoxy) is 1. The molecule has 5 rings (SSSR count). The van der Waals surface area contributed by atoms with Crippen molar-refractivity contribution in [1.29, 1.82) is 0 Å². The number of rotatable bonds is 4. The Hall–Kier alpha value is -4.79. The maximum absolute atomic E-state index is 13.5. The minimum absolute atomic E-state index is 0.245. The van der Waals surface area contributed by atoms with Gasteiger partial charge in [0.15, 0.2) is 5.75 Å². The van der Waals surface area contributed by atoms with Crippen molar-refractivity contribution in [2.24, 2.45) is 0 Å². The molecule has 4 heterocycles. The Morgan fingerprint density at radius 1 is 0.943 bits per heavy atom. The van der Waals surface area contributed by atoms with E-state index in [1.165, 1.54) is 6.20 Å². The second-order valence-corrected chi connectivity index (χ2v) is 8.08. The quantitative estimate of drug-likeness (QED) is 0.482. The normalized spacial score (nSPS) is 12.0. The molecule has 174 valence electrons. The van der Waals surface area contributed by atoms with Gasteiger partial charge in [0.25, 0.3) is 11.8 Å². The Labute approximate surface area is 202 Å². The molecule has 9 nitrogen and oxygen atoms in total. The van der Waals surface area contributed by atoms with Crippen molar-refractivity contribution in [3.63, 3.8) is 0 Å². The average Bonchev–Trinajstić information content (AvgIpc) is 3.05. The number of carbonyl (C=O) groups is 2. The second-order valence-electron chi connectivity index (χ2n) is 8.08. The summed E-state index contributed by atoms with van der Waals surface area (Å²) in [5.41, 5.74) is 2.23. The molecule has 0 saturated carbocycles. The van der Waals surface area contributed by atoms with Crippen molar-refractivity contribution >= 4 is 29.1 Å². The number of carbonyl (C=O) groups excluding carboxylic acids is 2. The predicted molar refractivity (Wildman–Crippen MR) is 132 cm³/mol. The van der Waals surface area contributed by atoms with E-state index >= 15 is 0 Å². The van der Waals surface area contributed by atoms with Crippen molar-refractivity contribution < 1.29 is 14.3 Å². The lowest BCUT2D eigenvalue weighted by atomic mass is 10.1. The first-order valence-electron chi connectivity index (χ1n) is 10.9. The Morgan fingerprint density at radius 3 is 2.54 bits per heavy atom. The first-order chi connectivity index (χ1) is 17.0. The van der Waals surface area contributed by atoms with Gasteiger partial charge in [0.1, 0.15) is 11.6 Å². The molecular formula is C26H22N6O3. The molecule has 1 aromatic carbocycles. The fourth-order valence-electron chi connectivity index (χ4n) is 3.81. The summed E-state index contributed by atoms with van der Waals surface area (Å²) in [6.45, 7) is 0.297. The lowest BCUT2D eigenvalue weighted by molar-refractivity contribution is 0.0984. The van der Waals surface area contributed by atoms with Crippen LogP contribution in [0, 0.1) is 0 Å². The van der Waals surface area contributed by atoms with E-state index in [4.69, 9.17) is 4.74 Å². The van der Waals surface area contributed by atoms with Crippen LogP contribution in [0.5, 0.6) is 11.6 Å². The van der Waals surface area contributed by atoms with Gasteiger partial charge in [0.05, 0.1) is 23.4 Å². The second kappa shape index (κ2) is 9.22. The van der Waals surface area contributed by atoms with Crippen molar-refractivity contribution in [1.82, 2.24) is 15.0 Å². The highest BCUT2D eigenvalue weighted by atomic mass is 16.5. The van der Waals surface area contributed by atoms with Crippen LogP contribution in [0.2, 0.25) is 0 Å². The molecule has 9 heteroatoms. The fourth-order valence-corrected chi connectivity index (χ4v) is 3.81. The van der Waals surface area contributed by atoms with Gasteiger partial charge in [-0.05, 0) is 42.5 Å². The number of pyridine rings is 3. The lowest BCUT2D eigenvalue weighted by Gasteiger charge is -2.22. The van der Waals surface area contributed by atoms with E-state index in [1.54, 1.807) is 52.5 Å². The zero-order chi connectivity index (χ0) is 24.4. The zero-order valence-corrected chi connectivity index (χ0v) is 19.2. The molecule has 1 aliphatic heterocycles. The third-order valence-corrected chi connectivity index (χ3v) is 5.49. The van der Waals surface area contributed by atoms with Crippen molar-refractivity contribution in [2.75, 3.05) is 29.2 Å². The fraction of sp³-hybridized carbons (Fsp3) is 0.115. The minimum atomic E-state index is -0.337. The minimum Gasteiger partial charge on any atom is -0.436 e. The topological polar surface area (TPSA) is 101 Å². The molecule has 2 amide bonds. The van der Waals surface area contributed by atoms with Gasteiger partial charge in [0.2, 0.25) is 5.88 Å². The van der Waals surface area contributed by atoms with Crippen molar-refractivity contribution in [3.8, 4) is 11.6 Å². The smallest absolute Gasteiger partial charge is 0.260 e. The average molecular weight is 467 g/mol. The van der Waals surface area contributed by atoms with Gasteiger partial charge in [-0.1, -0.05) is 18.2 Å². The molecule has 0 spiro atoms. The molecule has 0 unspecified atom stereocenters. The van der Waals surface area contributed by atoms with Crippen LogP contribution in [-0.2, 0) is 6.54 Å². The van der Waals surface area contributed by atoms with Gasteiger partial charge in [0, 0.05) is 38.2 Å². The SMILES string of the molecule is CN(C)c1ncccc1C(=O)Nc1ccc(C(=O)N2Cc3cccnc3Oc3ccccc32)cn1. The number of aromatic nitrogens is 3.